The Bertz CT molecular complexity index is 813. The lowest BCUT2D eigenvalue weighted by Gasteiger charge is -2.09. The predicted molar refractivity (Wildman–Crippen MR) is 113 cm³/mol. The van der Waals surface area contributed by atoms with Crippen molar-refractivity contribution in [2.45, 2.75) is 20.0 Å². The van der Waals surface area contributed by atoms with Crippen LogP contribution in [-0.2, 0) is 13.1 Å². The van der Waals surface area contributed by atoms with Gasteiger partial charge in [0.25, 0.3) is 0 Å². The first-order valence-electron chi connectivity index (χ1n) is 7.74. The average Bonchev–Trinajstić information content (AvgIpc) is 3.25. The van der Waals surface area contributed by atoms with Crippen LogP contribution < -0.4 is 10.6 Å². The lowest BCUT2D eigenvalue weighted by atomic mass is 10.2. The molecule has 7 heteroatoms. The van der Waals surface area contributed by atoms with Gasteiger partial charge in [0, 0.05) is 22.4 Å². The molecule has 2 N–H and O–H groups in total. The molecule has 1 aromatic carbocycles. The van der Waals surface area contributed by atoms with Gasteiger partial charge in [0.15, 0.2) is 5.96 Å². The molecular weight excluding hydrogens is 447 g/mol. The van der Waals surface area contributed by atoms with Crippen molar-refractivity contribution in [2.75, 3.05) is 7.05 Å². The molecule has 132 valence electrons. The van der Waals surface area contributed by atoms with Crippen molar-refractivity contribution >= 4 is 41.3 Å². The van der Waals surface area contributed by atoms with Crippen molar-refractivity contribution in [1.82, 2.24) is 15.6 Å². The van der Waals surface area contributed by atoms with Gasteiger partial charge in [-0.25, -0.2) is 4.98 Å². The second kappa shape index (κ2) is 9.57. The van der Waals surface area contributed by atoms with E-state index >= 15 is 0 Å². The Morgan fingerprint density at radius 2 is 1.88 bits per heavy atom. The van der Waals surface area contributed by atoms with E-state index in [0.29, 0.717) is 12.4 Å². The quantitative estimate of drug-likeness (QED) is 0.335. The Kier molecular flexibility index (Phi) is 7.45. The lowest BCUT2D eigenvalue weighted by molar-refractivity contribution is 0.572. The van der Waals surface area contributed by atoms with Gasteiger partial charge in [0.05, 0.1) is 18.8 Å². The van der Waals surface area contributed by atoms with Crippen LogP contribution in [0.4, 0.5) is 0 Å². The van der Waals surface area contributed by atoms with Crippen LogP contribution >= 0.6 is 35.3 Å². The topological polar surface area (TPSA) is 62.5 Å². The third-order valence-electron chi connectivity index (χ3n) is 3.46. The molecule has 2 aromatic heterocycles. The fraction of sp³-hybridized carbons (Fsp3) is 0.222. The summed E-state index contributed by atoms with van der Waals surface area (Å²) < 4.78 is 5.54. The number of hydrogen-bond acceptors (Lipinski definition) is 4. The maximum atomic E-state index is 5.54. The highest BCUT2D eigenvalue weighted by Crippen LogP contribution is 2.17. The number of aliphatic imine (C=N–C) groups is 1. The van der Waals surface area contributed by atoms with Gasteiger partial charge < -0.3 is 15.1 Å². The number of halogens is 1. The Balaban J connectivity index is 0.00000225. The first-order chi connectivity index (χ1) is 11.7. The first kappa shape index (κ1) is 19.5. The van der Waals surface area contributed by atoms with Crippen LogP contribution in [0, 0.1) is 6.92 Å². The van der Waals surface area contributed by atoms with Gasteiger partial charge in [-0.15, -0.1) is 35.3 Å². The van der Waals surface area contributed by atoms with E-state index in [2.05, 4.69) is 39.7 Å². The molecule has 0 saturated carbocycles. The summed E-state index contributed by atoms with van der Waals surface area (Å²) in [6.07, 6.45) is 1.67. The van der Waals surface area contributed by atoms with E-state index < -0.39 is 0 Å². The molecule has 0 bridgehead atoms. The summed E-state index contributed by atoms with van der Waals surface area (Å²) in [7, 11) is 1.76. The molecule has 0 unspecified atom stereocenters. The van der Waals surface area contributed by atoms with Gasteiger partial charge in [-0.1, -0.05) is 18.2 Å². The number of aryl methyl sites for hydroxylation is 1. The molecule has 25 heavy (non-hydrogen) atoms. The van der Waals surface area contributed by atoms with Gasteiger partial charge in [-0.2, -0.15) is 0 Å². The summed E-state index contributed by atoms with van der Waals surface area (Å²) in [4.78, 5) is 11.3. The number of hydrogen-bond donors (Lipinski definition) is 2. The standard InChI is InChI=1S/C18H20N4OS.HI/c1-13-8-9-16(24-13)11-21-18(19-2)20-10-15-12-23-17(22-15)14-6-4-3-5-7-14;/h3-9,12H,10-11H2,1-2H3,(H2,19,20,21);1H. The van der Waals surface area contributed by atoms with Crippen LogP contribution in [0.5, 0.6) is 0 Å². The SMILES string of the molecule is CN=C(NCc1coc(-c2ccccc2)n1)NCc1ccc(C)s1.I. The summed E-state index contributed by atoms with van der Waals surface area (Å²) in [6, 6.07) is 14.1. The number of benzene rings is 1. The average molecular weight is 468 g/mol. The van der Waals surface area contributed by atoms with E-state index in [1.165, 1.54) is 9.75 Å². The Labute approximate surface area is 168 Å². The van der Waals surface area contributed by atoms with Crippen LogP contribution in [0.2, 0.25) is 0 Å². The van der Waals surface area contributed by atoms with Crippen LogP contribution in [0.25, 0.3) is 11.5 Å². The minimum atomic E-state index is 0. The molecule has 0 atom stereocenters. The molecule has 0 saturated heterocycles. The Hall–Kier alpha value is -1.87. The molecule has 0 radical (unpaired) electrons. The van der Waals surface area contributed by atoms with E-state index in [-0.39, 0.29) is 24.0 Å². The molecule has 3 rings (SSSR count). The molecule has 0 aliphatic heterocycles. The molecule has 0 aliphatic carbocycles. The third kappa shape index (κ3) is 5.57. The first-order valence-corrected chi connectivity index (χ1v) is 8.56. The summed E-state index contributed by atoms with van der Waals surface area (Å²) in [5.74, 6) is 1.37. The molecule has 0 fully saturated rings. The van der Waals surface area contributed by atoms with Gasteiger partial charge in [-0.05, 0) is 31.2 Å². The normalized spacial score (nSPS) is 11.0. The van der Waals surface area contributed by atoms with Gasteiger partial charge in [0.1, 0.15) is 6.26 Å². The highest BCUT2D eigenvalue weighted by atomic mass is 127. The van der Waals surface area contributed by atoms with Crippen molar-refractivity contribution < 1.29 is 4.42 Å². The molecule has 0 aliphatic rings. The highest BCUT2D eigenvalue weighted by molar-refractivity contribution is 14.0. The largest absolute Gasteiger partial charge is 0.444 e. The van der Waals surface area contributed by atoms with Crippen molar-refractivity contribution in [1.29, 1.82) is 0 Å². The van der Waals surface area contributed by atoms with Crippen LogP contribution in [0.15, 0.2) is 58.1 Å². The number of nitrogens with zero attached hydrogens (tertiary/aromatic N) is 2. The number of guanidine groups is 1. The van der Waals surface area contributed by atoms with Crippen LogP contribution in [-0.4, -0.2) is 18.0 Å². The summed E-state index contributed by atoms with van der Waals surface area (Å²) in [5.41, 5.74) is 1.81. The minimum absolute atomic E-state index is 0. The molecule has 0 spiro atoms. The van der Waals surface area contributed by atoms with E-state index in [9.17, 15) is 0 Å². The maximum absolute atomic E-state index is 5.54. The minimum Gasteiger partial charge on any atom is -0.444 e. The fourth-order valence-electron chi connectivity index (χ4n) is 2.25. The number of rotatable bonds is 5. The van der Waals surface area contributed by atoms with Crippen molar-refractivity contribution in [3.05, 3.63) is 64.2 Å². The zero-order chi connectivity index (χ0) is 16.8. The monoisotopic (exact) mass is 468 g/mol. The Morgan fingerprint density at radius 3 is 2.56 bits per heavy atom. The molecule has 5 nitrogen and oxygen atoms in total. The number of thiophene rings is 1. The van der Waals surface area contributed by atoms with Gasteiger partial charge >= 0.3 is 0 Å². The fourth-order valence-corrected chi connectivity index (χ4v) is 3.08. The lowest BCUT2D eigenvalue weighted by Crippen LogP contribution is -2.36. The molecule has 0 amide bonds. The van der Waals surface area contributed by atoms with Crippen molar-refractivity contribution in [3.63, 3.8) is 0 Å². The van der Waals surface area contributed by atoms with E-state index in [4.69, 9.17) is 4.42 Å². The predicted octanol–water partition coefficient (Wildman–Crippen LogP) is 4.19. The third-order valence-corrected chi connectivity index (χ3v) is 4.46. The number of aromatic nitrogens is 1. The summed E-state index contributed by atoms with van der Waals surface area (Å²) in [5, 5.41) is 6.55. The zero-order valence-electron chi connectivity index (χ0n) is 14.2. The maximum Gasteiger partial charge on any atom is 0.226 e. The number of nitrogens with one attached hydrogen (secondary N) is 2. The zero-order valence-corrected chi connectivity index (χ0v) is 17.3. The Morgan fingerprint density at radius 1 is 1.12 bits per heavy atom. The van der Waals surface area contributed by atoms with E-state index in [1.54, 1.807) is 24.6 Å². The smallest absolute Gasteiger partial charge is 0.226 e. The summed E-state index contributed by atoms with van der Waals surface area (Å²) >= 11 is 1.78. The molecule has 2 heterocycles. The second-order valence-corrected chi connectivity index (χ2v) is 6.67. The van der Waals surface area contributed by atoms with Crippen molar-refractivity contribution in [3.8, 4) is 11.5 Å². The van der Waals surface area contributed by atoms with Gasteiger partial charge in [-0.3, -0.25) is 4.99 Å². The van der Waals surface area contributed by atoms with E-state index in [1.807, 2.05) is 30.3 Å². The van der Waals surface area contributed by atoms with Crippen LogP contribution in [0.1, 0.15) is 15.4 Å². The summed E-state index contributed by atoms with van der Waals surface area (Å²) in [6.45, 7) is 3.42. The van der Waals surface area contributed by atoms with Crippen LogP contribution in [0.3, 0.4) is 0 Å². The molecular formula is C18H21IN4OS. The van der Waals surface area contributed by atoms with Crippen molar-refractivity contribution in [2.24, 2.45) is 4.99 Å². The molecule has 3 aromatic rings. The second-order valence-electron chi connectivity index (χ2n) is 5.30. The van der Waals surface area contributed by atoms with E-state index in [0.717, 1.165) is 23.8 Å². The highest BCUT2D eigenvalue weighted by Gasteiger charge is 2.07. The number of oxazole rings is 1. The van der Waals surface area contributed by atoms with Gasteiger partial charge in [0.2, 0.25) is 5.89 Å².